The summed E-state index contributed by atoms with van der Waals surface area (Å²) in [4.78, 5) is 10.8. The summed E-state index contributed by atoms with van der Waals surface area (Å²) in [5.74, 6) is 0. The van der Waals surface area contributed by atoms with Crippen LogP contribution in [0.15, 0.2) is 291 Å². The van der Waals surface area contributed by atoms with E-state index in [1.807, 2.05) is 69.3 Å². The van der Waals surface area contributed by atoms with Crippen molar-refractivity contribution < 1.29 is 18.4 Å². The van der Waals surface area contributed by atoms with Crippen molar-refractivity contribution in [3.63, 3.8) is 0 Å². The fraction of sp³-hybridized carbons (Fsp3) is 0.0723. The molecule has 3 aromatic heterocycles. The normalized spacial score (nSPS) is 11.7. The maximum absolute atomic E-state index is 12.2. The lowest BCUT2D eigenvalue weighted by atomic mass is 10.0. The van der Waals surface area contributed by atoms with Crippen molar-refractivity contribution in [3.05, 3.63) is 330 Å². The van der Waals surface area contributed by atoms with E-state index in [2.05, 4.69) is 281 Å². The minimum Gasteiger partial charge on any atom is -0.309 e. The second kappa shape index (κ2) is 27.0. The van der Waals surface area contributed by atoms with Crippen LogP contribution in [0.25, 0.3) is 118 Å². The third-order valence-corrected chi connectivity index (χ3v) is 18.6. The molecule has 8 heteroatoms. The van der Waals surface area contributed by atoms with Gasteiger partial charge in [0, 0.05) is 54.9 Å². The first-order valence-corrected chi connectivity index (χ1v) is 32.7. The first kappa shape index (κ1) is 59.3. The molecule has 0 unspecified atom stereocenters. The van der Waals surface area contributed by atoms with E-state index >= 15 is 0 Å². The predicted molar refractivity (Wildman–Crippen MR) is 383 cm³/mol. The van der Waals surface area contributed by atoms with Gasteiger partial charge in [0.25, 0.3) is 0 Å². The molecular weight excluding hydrogens is 1130 g/mol. The van der Waals surface area contributed by atoms with Crippen LogP contribution in [0.3, 0.4) is 0 Å². The summed E-state index contributed by atoms with van der Waals surface area (Å²) in [5, 5.41) is 7.61. The van der Waals surface area contributed by atoms with Crippen LogP contribution in [0.1, 0.15) is 57.6 Å². The van der Waals surface area contributed by atoms with Crippen molar-refractivity contribution in [2.24, 2.45) is 0 Å². The van der Waals surface area contributed by atoms with Crippen LogP contribution in [0.2, 0.25) is 0 Å². The van der Waals surface area contributed by atoms with Crippen molar-refractivity contribution in [1.29, 1.82) is 0 Å². The standard InChI is InChI=1S/C52H36N2.C19H13NO.C12H19O3P/c1-5-13-49-45(9-1)46-10-2-6-14-50(46)53(49)43-33-25-39(26-34-43)19-17-37-21-29-41(30-22-37)42-31-23-38(24-32-42)18-20-40-27-35-44(36-28-40)54-51-15-7-3-11-47(51)48-12-4-8-16-52(48)54;21-13-14-9-11-15(12-10-14)20-18-7-3-1-5-16(18)17-6-2-4-8-19(17)20;1-4-14-16(13,15-5-2)10-12-8-6-11(3)7-9-12/h1-36H;1-13H;6-9H,4-5,10H2,1-3H3/b19-17+,20-18+;;. The van der Waals surface area contributed by atoms with E-state index in [9.17, 15) is 9.36 Å². The third kappa shape index (κ3) is 12.8. The van der Waals surface area contributed by atoms with Crippen molar-refractivity contribution >= 4 is 104 Å². The number of hydrogen-bond donors (Lipinski definition) is 0. The van der Waals surface area contributed by atoms with Gasteiger partial charge in [0.05, 0.1) is 52.5 Å². The molecular formula is C83H68N3O4P. The Balaban J connectivity index is 0.000000166. The van der Waals surface area contributed by atoms with Gasteiger partial charge in [0.1, 0.15) is 6.29 Å². The van der Waals surface area contributed by atoms with Crippen molar-refractivity contribution in [1.82, 2.24) is 13.7 Å². The zero-order chi connectivity index (χ0) is 62.1. The first-order chi connectivity index (χ1) is 44.7. The van der Waals surface area contributed by atoms with E-state index in [0.717, 1.165) is 17.5 Å². The Morgan fingerprint density at radius 1 is 0.319 bits per heavy atom. The number of aldehydes is 1. The maximum Gasteiger partial charge on any atom is 0.335 e. The number of benzene rings is 12. The Labute approximate surface area is 531 Å². The molecule has 0 spiro atoms. The summed E-state index contributed by atoms with van der Waals surface area (Å²) < 4.78 is 29.6. The van der Waals surface area contributed by atoms with Gasteiger partial charge in [-0.3, -0.25) is 9.36 Å². The summed E-state index contributed by atoms with van der Waals surface area (Å²) >= 11 is 0. The molecule has 0 aliphatic heterocycles. The average molecular weight is 1200 g/mol. The summed E-state index contributed by atoms with van der Waals surface area (Å²) in [6.07, 6.45) is 9.95. The fourth-order valence-corrected chi connectivity index (χ4v) is 13.9. The average Bonchev–Trinajstić information content (AvgIpc) is 1.64. The number of fused-ring (bicyclic) bond motifs is 9. The number of aryl methyl sites for hydroxylation is 1. The number of nitrogens with zero attached hydrogens (tertiary/aromatic N) is 3. The molecule has 12 aromatic carbocycles. The molecule has 0 saturated heterocycles. The van der Waals surface area contributed by atoms with E-state index in [-0.39, 0.29) is 0 Å². The van der Waals surface area contributed by atoms with E-state index in [1.165, 1.54) is 116 Å². The molecule has 15 rings (SSSR count). The van der Waals surface area contributed by atoms with Gasteiger partial charge in [-0.1, -0.05) is 236 Å². The number of hydrogen-bond acceptors (Lipinski definition) is 4. The Morgan fingerprint density at radius 3 is 0.835 bits per heavy atom. The number of carbonyl (C=O) groups excluding carboxylic acids is 1. The van der Waals surface area contributed by atoms with E-state index < -0.39 is 7.60 Å². The highest BCUT2D eigenvalue weighted by molar-refractivity contribution is 7.53. The second-order valence-electron chi connectivity index (χ2n) is 22.5. The highest BCUT2D eigenvalue weighted by Gasteiger charge is 2.24. The minimum absolute atomic E-state index is 0.342. The maximum atomic E-state index is 12.2. The third-order valence-electron chi connectivity index (χ3n) is 16.6. The van der Waals surface area contributed by atoms with Gasteiger partial charge in [0.15, 0.2) is 0 Å². The van der Waals surface area contributed by atoms with Crippen LogP contribution >= 0.6 is 7.60 Å². The molecule has 0 aliphatic rings. The molecule has 0 aliphatic carbocycles. The lowest BCUT2D eigenvalue weighted by molar-refractivity contribution is 0.112. The number of carbonyl (C=O) groups is 1. The molecule has 91 heavy (non-hydrogen) atoms. The van der Waals surface area contributed by atoms with Gasteiger partial charge >= 0.3 is 7.60 Å². The van der Waals surface area contributed by atoms with Gasteiger partial charge in [-0.05, 0) is 145 Å². The minimum atomic E-state index is -2.96. The molecule has 0 atom stereocenters. The van der Waals surface area contributed by atoms with Crippen LogP contribution < -0.4 is 0 Å². The largest absolute Gasteiger partial charge is 0.335 e. The number of aromatic nitrogens is 3. The van der Waals surface area contributed by atoms with Crippen molar-refractivity contribution in [2.45, 2.75) is 26.9 Å². The summed E-state index contributed by atoms with van der Waals surface area (Å²) in [6.45, 7) is 6.47. The van der Waals surface area contributed by atoms with Crippen LogP contribution in [0.5, 0.6) is 0 Å². The predicted octanol–water partition coefficient (Wildman–Crippen LogP) is 22.2. The molecule has 0 amide bonds. The lowest BCUT2D eigenvalue weighted by Gasteiger charge is -2.16. The Bertz CT molecular complexity index is 4750. The summed E-state index contributed by atoms with van der Waals surface area (Å²) in [6, 6.07) is 102. The second-order valence-corrected chi connectivity index (χ2v) is 24.6. The van der Waals surface area contributed by atoms with Crippen LogP contribution in [-0.2, 0) is 19.8 Å². The van der Waals surface area contributed by atoms with Crippen LogP contribution in [0.4, 0.5) is 0 Å². The monoisotopic (exact) mass is 1200 g/mol. The Morgan fingerprint density at radius 2 is 0.571 bits per heavy atom. The van der Waals surface area contributed by atoms with Crippen molar-refractivity contribution in [2.75, 3.05) is 13.2 Å². The van der Waals surface area contributed by atoms with Crippen LogP contribution in [-0.4, -0.2) is 33.2 Å². The topological polar surface area (TPSA) is 67.4 Å². The fourth-order valence-electron chi connectivity index (χ4n) is 12.2. The lowest BCUT2D eigenvalue weighted by Crippen LogP contribution is -1.99. The quantitative estimate of drug-likeness (QED) is 0.0583. The van der Waals surface area contributed by atoms with Gasteiger partial charge in [0.2, 0.25) is 0 Å². The molecule has 3 heterocycles. The zero-order valence-electron chi connectivity index (χ0n) is 51.1. The molecule has 15 aromatic rings. The number of rotatable bonds is 15. The molecule has 0 N–H and O–H groups in total. The molecule has 444 valence electrons. The summed E-state index contributed by atoms with van der Waals surface area (Å²) in [5.41, 5.74) is 20.6. The summed E-state index contributed by atoms with van der Waals surface area (Å²) in [7, 11) is -2.96. The van der Waals surface area contributed by atoms with Gasteiger partial charge in [-0.2, -0.15) is 0 Å². The first-order valence-electron chi connectivity index (χ1n) is 31.0. The molecule has 0 radical (unpaired) electrons. The van der Waals surface area contributed by atoms with Gasteiger partial charge in [-0.15, -0.1) is 0 Å². The van der Waals surface area contributed by atoms with Gasteiger partial charge < -0.3 is 22.7 Å². The highest BCUT2D eigenvalue weighted by atomic mass is 31.2. The van der Waals surface area contributed by atoms with E-state index in [1.54, 1.807) is 0 Å². The SMILES string of the molecule is C(=C\c1ccc(-n2c3ccccc3c3ccccc32)cc1)/c1ccc(-c2ccc(/C=C/c3ccc(-n4c5ccccc5c5ccccc54)cc3)cc2)cc1.CCOP(=O)(Cc1ccc(C)cc1)OCC.O=Cc1ccc(-n2c3ccccc3c3ccccc32)cc1. The van der Waals surface area contributed by atoms with Gasteiger partial charge in [-0.25, -0.2) is 0 Å². The Kier molecular flexibility index (Phi) is 17.6. The zero-order valence-corrected chi connectivity index (χ0v) is 52.0. The molecule has 7 nitrogen and oxygen atoms in total. The van der Waals surface area contributed by atoms with Crippen molar-refractivity contribution in [3.8, 4) is 28.2 Å². The van der Waals surface area contributed by atoms with E-state index in [0.29, 0.717) is 24.9 Å². The Hall–Kier alpha value is -10.7. The van der Waals surface area contributed by atoms with E-state index in [4.69, 9.17) is 9.05 Å². The number of para-hydroxylation sites is 6. The molecule has 0 fully saturated rings. The highest BCUT2D eigenvalue weighted by Crippen LogP contribution is 2.51. The molecule has 0 bridgehead atoms. The van der Waals surface area contributed by atoms with Crippen LogP contribution in [0, 0.1) is 6.92 Å². The molecule has 0 saturated carbocycles. The smallest absolute Gasteiger partial charge is 0.309 e.